The number of benzene rings is 3. The molecule has 0 aliphatic carbocycles. The van der Waals surface area contributed by atoms with Crippen LogP contribution in [0.4, 0.5) is 0 Å². The molecule has 1 radical (unpaired) electrons. The minimum absolute atomic E-state index is 0. The summed E-state index contributed by atoms with van der Waals surface area (Å²) in [6.07, 6.45) is 3.17. The molecule has 3 aromatic carbocycles. The molecule has 199 valence electrons. The van der Waals surface area contributed by atoms with Crippen LogP contribution in [0.15, 0.2) is 109 Å². The molecule has 0 fully saturated rings. The topological polar surface area (TPSA) is 43.1 Å². The van der Waals surface area contributed by atoms with E-state index in [2.05, 4.69) is 46.4 Å². The van der Waals surface area contributed by atoms with E-state index in [1.165, 1.54) is 6.20 Å². The fourth-order valence-electron chi connectivity index (χ4n) is 4.70. The van der Waals surface area contributed by atoms with Gasteiger partial charge in [0.15, 0.2) is 0 Å². The first kappa shape index (κ1) is 22.6. The molecule has 0 amide bonds. The van der Waals surface area contributed by atoms with E-state index < -0.39 is 12.7 Å². The van der Waals surface area contributed by atoms with E-state index in [0.29, 0.717) is 0 Å². The van der Waals surface area contributed by atoms with Crippen molar-refractivity contribution in [2.75, 3.05) is 0 Å². The van der Waals surface area contributed by atoms with Gasteiger partial charge in [0, 0.05) is 54.6 Å². The predicted octanol–water partition coefficient (Wildman–Crippen LogP) is 8.48. The molecule has 0 spiro atoms. The average molecular weight is 701 g/mol. The third-order valence-electron chi connectivity index (χ3n) is 6.57. The monoisotopic (exact) mass is 701 g/mol. The molecule has 7 aromatic rings. The van der Waals surface area contributed by atoms with Gasteiger partial charge in [-0.3, -0.25) is 0 Å². The van der Waals surface area contributed by atoms with Gasteiger partial charge in [0.1, 0.15) is 0 Å². The number of fused-ring (bicyclic) bond motifs is 6. The maximum absolute atomic E-state index is 8.63. The van der Waals surface area contributed by atoms with Gasteiger partial charge in [0.2, 0.25) is 0 Å². The summed E-state index contributed by atoms with van der Waals surface area (Å²) in [5, 5.41) is 6.94. The van der Waals surface area contributed by atoms with E-state index in [0.717, 1.165) is 55.4 Å². The van der Waals surface area contributed by atoms with Gasteiger partial charge in [0.25, 0.3) is 0 Å². The first-order valence-corrected chi connectivity index (χ1v) is 12.7. The Morgan fingerprint density at radius 3 is 2.40 bits per heavy atom. The molecule has 5 heteroatoms. The number of rotatable bonds is 3. The van der Waals surface area contributed by atoms with Crippen LogP contribution >= 0.6 is 0 Å². The molecular formula is C35H28IrN4-2. The SMILES string of the molecule is [2H]C(C)(C)c1ccnc2c3[c-]cccc3c3cc(-c4ccccc4)nn3c12.[2H]C([2H])([2H])c1ccc(-c2[c-]cccc2)nc1.[Ir]. The maximum atomic E-state index is 8.63. The van der Waals surface area contributed by atoms with Gasteiger partial charge < -0.3 is 9.97 Å². The van der Waals surface area contributed by atoms with E-state index in [9.17, 15) is 0 Å². The summed E-state index contributed by atoms with van der Waals surface area (Å²) in [6, 6.07) is 37.3. The summed E-state index contributed by atoms with van der Waals surface area (Å²) in [4.78, 5) is 8.76. The van der Waals surface area contributed by atoms with Crippen molar-refractivity contribution in [1.82, 2.24) is 19.6 Å². The van der Waals surface area contributed by atoms with Crippen LogP contribution in [-0.2, 0) is 20.1 Å². The van der Waals surface area contributed by atoms with Gasteiger partial charge in [-0.25, -0.2) is 4.52 Å². The molecule has 7 rings (SSSR count). The van der Waals surface area contributed by atoms with E-state index in [-0.39, 0.29) is 25.7 Å². The number of aromatic nitrogens is 4. The van der Waals surface area contributed by atoms with Crippen molar-refractivity contribution in [2.24, 2.45) is 0 Å². The Balaban J connectivity index is 0.000000194. The number of aryl methyl sites for hydroxylation is 1. The second-order valence-electron chi connectivity index (χ2n) is 9.42. The van der Waals surface area contributed by atoms with E-state index in [1.54, 1.807) is 24.4 Å². The Morgan fingerprint density at radius 2 is 1.68 bits per heavy atom. The van der Waals surface area contributed by atoms with E-state index in [1.807, 2.05) is 73.0 Å². The van der Waals surface area contributed by atoms with Crippen LogP contribution in [0.3, 0.4) is 0 Å². The van der Waals surface area contributed by atoms with Crippen molar-refractivity contribution in [1.29, 1.82) is 0 Å². The molecule has 0 N–H and O–H groups in total. The molecule has 0 aliphatic rings. The summed E-state index contributed by atoms with van der Waals surface area (Å²) < 4.78 is 32.3. The van der Waals surface area contributed by atoms with E-state index >= 15 is 0 Å². The first-order valence-electron chi connectivity index (χ1n) is 14.7. The minimum atomic E-state index is -2.09. The van der Waals surface area contributed by atoms with Gasteiger partial charge in [-0.15, -0.1) is 65.5 Å². The fraction of sp³-hybridized carbons (Fsp3) is 0.114. The summed E-state index contributed by atoms with van der Waals surface area (Å²) in [6.45, 7) is 1.70. The summed E-state index contributed by atoms with van der Waals surface area (Å²) >= 11 is 0. The van der Waals surface area contributed by atoms with Crippen molar-refractivity contribution in [3.05, 3.63) is 133 Å². The first-order chi connectivity index (χ1) is 20.6. The Labute approximate surface area is 253 Å². The van der Waals surface area contributed by atoms with Gasteiger partial charge in [0.05, 0.1) is 11.2 Å². The molecule has 0 saturated heterocycles. The number of nitrogens with zero attached hydrogens (tertiary/aromatic N) is 4. The van der Waals surface area contributed by atoms with Crippen molar-refractivity contribution in [3.63, 3.8) is 0 Å². The number of hydrogen-bond acceptors (Lipinski definition) is 3. The molecule has 4 aromatic heterocycles. The standard InChI is InChI=1S/C23H18N3.C12H10N.Ir/c1-15(2)17-12-13-24-22-19-11-7-6-10-18(19)21-14-20(25-26(21)23(17)22)16-8-4-3-5-9-16;1-10-7-8-12(13-9-10)11-5-3-2-4-6-11;/h3-10,12-15H,1-2H3;2-5,7-9H,1H3;/q2*-1;/i15D;1D3;. The van der Waals surface area contributed by atoms with Crippen LogP contribution in [0.2, 0.25) is 0 Å². The summed E-state index contributed by atoms with van der Waals surface area (Å²) in [5.74, 6) is -0.768. The predicted molar refractivity (Wildman–Crippen MR) is 160 cm³/mol. The molecule has 0 atom stereocenters. The molecule has 0 aliphatic heterocycles. The molecule has 0 unspecified atom stereocenters. The zero-order valence-corrected chi connectivity index (χ0v) is 24.4. The normalized spacial score (nSPS) is 12.9. The van der Waals surface area contributed by atoms with Gasteiger partial charge in [-0.1, -0.05) is 61.7 Å². The van der Waals surface area contributed by atoms with Crippen molar-refractivity contribution in [2.45, 2.75) is 26.6 Å². The minimum Gasteiger partial charge on any atom is -0.304 e. The zero-order chi connectivity index (χ0) is 30.2. The second kappa shape index (κ2) is 11.9. The second-order valence-corrected chi connectivity index (χ2v) is 9.42. The largest absolute Gasteiger partial charge is 0.304 e. The Morgan fingerprint density at radius 1 is 0.850 bits per heavy atom. The van der Waals surface area contributed by atoms with Crippen LogP contribution in [0, 0.1) is 19.0 Å². The third kappa shape index (κ3) is 5.31. The van der Waals surface area contributed by atoms with Crippen LogP contribution in [0.5, 0.6) is 0 Å². The molecular weight excluding hydrogens is 669 g/mol. The number of pyridine rings is 3. The van der Waals surface area contributed by atoms with E-state index in [4.69, 9.17) is 10.6 Å². The maximum Gasteiger partial charge on any atom is 0.0925 e. The van der Waals surface area contributed by atoms with Crippen molar-refractivity contribution >= 4 is 27.3 Å². The van der Waals surface area contributed by atoms with Gasteiger partial charge in [-0.05, 0) is 41.7 Å². The third-order valence-corrected chi connectivity index (χ3v) is 6.57. The quantitative estimate of drug-likeness (QED) is 0.137. The molecule has 0 bridgehead atoms. The molecule has 40 heavy (non-hydrogen) atoms. The Hall–Kier alpha value is -4.18. The van der Waals surface area contributed by atoms with Crippen LogP contribution < -0.4 is 0 Å². The zero-order valence-electron chi connectivity index (χ0n) is 26.0. The number of hydrogen-bond donors (Lipinski definition) is 0. The fourth-order valence-corrected chi connectivity index (χ4v) is 4.70. The Kier molecular flexibility index (Phi) is 6.74. The van der Waals surface area contributed by atoms with Crippen LogP contribution in [-0.4, -0.2) is 19.6 Å². The molecule has 4 nitrogen and oxygen atoms in total. The molecule has 4 heterocycles. The summed E-state index contributed by atoms with van der Waals surface area (Å²) in [5.41, 5.74) is 7.44. The Bertz CT molecular complexity index is 2030. The van der Waals surface area contributed by atoms with Gasteiger partial charge >= 0.3 is 0 Å². The van der Waals surface area contributed by atoms with Crippen molar-refractivity contribution in [3.8, 4) is 22.5 Å². The smallest absolute Gasteiger partial charge is 0.0925 e. The van der Waals surface area contributed by atoms with Gasteiger partial charge in [-0.2, -0.15) is 5.10 Å². The van der Waals surface area contributed by atoms with Crippen molar-refractivity contribution < 1.29 is 25.6 Å². The van der Waals surface area contributed by atoms with Crippen LogP contribution in [0.1, 0.15) is 36.4 Å². The van der Waals surface area contributed by atoms with Crippen LogP contribution in [0.25, 0.3) is 49.8 Å². The summed E-state index contributed by atoms with van der Waals surface area (Å²) in [7, 11) is 0. The average Bonchev–Trinajstić information content (AvgIpc) is 3.47. The molecule has 0 saturated carbocycles.